The number of nitrogens with zero attached hydrogens (tertiary/aromatic N) is 1. The maximum absolute atomic E-state index is 12.4. The van der Waals surface area contributed by atoms with E-state index < -0.39 is 5.91 Å². The van der Waals surface area contributed by atoms with Gasteiger partial charge in [-0.2, -0.15) is 0 Å². The van der Waals surface area contributed by atoms with Crippen molar-refractivity contribution >= 4 is 27.7 Å². The monoisotopic (exact) mass is 326 g/mol. The number of rotatable bonds is 6. The fraction of sp³-hybridized carbons (Fsp3) is 0.429. The number of amides is 2. The van der Waals surface area contributed by atoms with Crippen LogP contribution in [0.1, 0.15) is 35.7 Å². The molecule has 1 rings (SSSR count). The molecule has 0 saturated carbocycles. The van der Waals surface area contributed by atoms with Crippen molar-refractivity contribution in [2.75, 3.05) is 13.1 Å². The van der Waals surface area contributed by atoms with Crippen LogP contribution in [-0.2, 0) is 4.79 Å². The largest absolute Gasteiger partial charge is 0.368 e. The highest BCUT2D eigenvalue weighted by atomic mass is 79.9. The molecule has 0 aliphatic rings. The zero-order chi connectivity index (χ0) is 14.4. The molecular weight excluding hydrogens is 308 g/mol. The van der Waals surface area contributed by atoms with Crippen LogP contribution in [0.4, 0.5) is 0 Å². The fourth-order valence-corrected chi connectivity index (χ4v) is 2.21. The van der Waals surface area contributed by atoms with Crippen molar-refractivity contribution in [3.05, 3.63) is 33.8 Å². The minimum absolute atomic E-state index is 0.0424. The van der Waals surface area contributed by atoms with Crippen molar-refractivity contribution in [3.63, 3.8) is 0 Å². The molecule has 0 saturated heterocycles. The molecule has 0 unspecified atom stereocenters. The predicted octanol–water partition coefficient (Wildman–Crippen LogP) is 2.49. The van der Waals surface area contributed by atoms with Crippen molar-refractivity contribution in [2.45, 2.75) is 26.7 Å². The Morgan fingerprint density at radius 2 is 2.05 bits per heavy atom. The van der Waals surface area contributed by atoms with Crippen LogP contribution in [0.3, 0.4) is 0 Å². The van der Waals surface area contributed by atoms with Gasteiger partial charge < -0.3 is 10.6 Å². The molecule has 104 valence electrons. The normalized spacial score (nSPS) is 10.3. The summed E-state index contributed by atoms with van der Waals surface area (Å²) in [6.45, 7) is 4.46. The second-order valence-corrected chi connectivity index (χ2v) is 5.28. The molecule has 2 amide bonds. The molecule has 1 aromatic rings. The van der Waals surface area contributed by atoms with Gasteiger partial charge in [0.05, 0.1) is 12.1 Å². The van der Waals surface area contributed by atoms with Crippen molar-refractivity contribution in [2.24, 2.45) is 5.73 Å². The van der Waals surface area contributed by atoms with Gasteiger partial charge in [0.1, 0.15) is 0 Å². The Morgan fingerprint density at radius 3 is 2.63 bits per heavy atom. The van der Waals surface area contributed by atoms with E-state index in [1.54, 1.807) is 6.07 Å². The number of benzene rings is 1. The maximum atomic E-state index is 12.4. The lowest BCUT2D eigenvalue weighted by Gasteiger charge is -2.22. The quantitative estimate of drug-likeness (QED) is 0.872. The summed E-state index contributed by atoms with van der Waals surface area (Å²) in [4.78, 5) is 25.0. The van der Waals surface area contributed by atoms with Gasteiger partial charge in [-0.25, -0.2) is 0 Å². The van der Waals surface area contributed by atoms with Crippen LogP contribution >= 0.6 is 15.9 Å². The smallest absolute Gasteiger partial charge is 0.255 e. The van der Waals surface area contributed by atoms with E-state index in [1.165, 1.54) is 4.90 Å². The van der Waals surface area contributed by atoms with Crippen molar-refractivity contribution in [1.82, 2.24) is 4.90 Å². The first kappa shape index (κ1) is 15.7. The minimum atomic E-state index is -0.492. The van der Waals surface area contributed by atoms with Gasteiger partial charge in [0.2, 0.25) is 5.91 Å². The van der Waals surface area contributed by atoms with Crippen molar-refractivity contribution in [3.8, 4) is 0 Å². The van der Waals surface area contributed by atoms with Gasteiger partial charge in [0, 0.05) is 11.0 Å². The first-order chi connectivity index (χ1) is 8.97. The molecule has 0 spiro atoms. The van der Waals surface area contributed by atoms with Gasteiger partial charge in [-0.3, -0.25) is 9.59 Å². The Morgan fingerprint density at radius 1 is 1.37 bits per heavy atom. The molecule has 1 aromatic carbocycles. The third-order valence-corrected chi connectivity index (χ3v) is 3.89. The summed E-state index contributed by atoms with van der Waals surface area (Å²) in [7, 11) is 0. The lowest BCUT2D eigenvalue weighted by Crippen LogP contribution is -2.39. The van der Waals surface area contributed by atoms with Crippen LogP contribution in [0.5, 0.6) is 0 Å². The highest BCUT2D eigenvalue weighted by molar-refractivity contribution is 9.10. The van der Waals surface area contributed by atoms with E-state index in [2.05, 4.69) is 15.9 Å². The van der Waals surface area contributed by atoms with Crippen LogP contribution in [0.25, 0.3) is 0 Å². The Kier molecular flexibility index (Phi) is 6.02. The van der Waals surface area contributed by atoms with Crippen molar-refractivity contribution in [1.29, 1.82) is 0 Å². The molecule has 0 atom stereocenters. The van der Waals surface area contributed by atoms with E-state index in [1.807, 2.05) is 26.0 Å². The number of primary amides is 1. The Hall–Kier alpha value is -1.36. The molecule has 0 radical (unpaired) electrons. The molecular formula is C14H19BrN2O2. The Labute approximate surface area is 122 Å². The molecule has 0 heterocycles. The van der Waals surface area contributed by atoms with Gasteiger partial charge >= 0.3 is 0 Å². The second-order valence-electron chi connectivity index (χ2n) is 4.48. The fourth-order valence-electron chi connectivity index (χ4n) is 1.77. The third kappa shape index (κ3) is 4.35. The zero-order valence-electron chi connectivity index (χ0n) is 11.3. The van der Waals surface area contributed by atoms with Crippen molar-refractivity contribution < 1.29 is 9.59 Å². The van der Waals surface area contributed by atoms with Crippen LogP contribution in [-0.4, -0.2) is 29.8 Å². The topological polar surface area (TPSA) is 63.4 Å². The number of hydrogen-bond acceptors (Lipinski definition) is 2. The van der Waals surface area contributed by atoms with E-state index in [0.717, 1.165) is 22.9 Å². The van der Waals surface area contributed by atoms with Crippen LogP contribution in [0.15, 0.2) is 22.7 Å². The first-order valence-electron chi connectivity index (χ1n) is 6.30. The number of aryl methyl sites for hydroxylation is 1. The van der Waals surface area contributed by atoms with Gasteiger partial charge in [-0.15, -0.1) is 0 Å². The molecule has 0 aliphatic carbocycles. The minimum Gasteiger partial charge on any atom is -0.368 e. The summed E-state index contributed by atoms with van der Waals surface area (Å²) in [5, 5.41) is 0. The Bertz CT molecular complexity index is 475. The summed E-state index contributed by atoms with van der Waals surface area (Å²) >= 11 is 3.42. The summed E-state index contributed by atoms with van der Waals surface area (Å²) in [6.07, 6.45) is 1.81. The van der Waals surface area contributed by atoms with Gasteiger partial charge in [-0.05, 0) is 40.9 Å². The summed E-state index contributed by atoms with van der Waals surface area (Å²) < 4.78 is 0.769. The van der Waals surface area contributed by atoms with E-state index in [4.69, 9.17) is 5.73 Å². The molecule has 2 N–H and O–H groups in total. The number of carbonyl (C=O) groups excluding carboxylic acids is 2. The lowest BCUT2D eigenvalue weighted by atomic mass is 10.1. The average Bonchev–Trinajstić information content (AvgIpc) is 2.36. The molecule has 0 aliphatic heterocycles. The van der Waals surface area contributed by atoms with E-state index in [0.29, 0.717) is 12.1 Å². The number of halogens is 1. The Balaban J connectivity index is 2.97. The molecule has 0 bridgehead atoms. The van der Waals surface area contributed by atoms with Gasteiger partial charge in [-0.1, -0.05) is 25.5 Å². The van der Waals surface area contributed by atoms with Crippen LogP contribution in [0.2, 0.25) is 0 Å². The molecule has 0 fully saturated rings. The molecule has 5 heteroatoms. The summed E-state index contributed by atoms with van der Waals surface area (Å²) in [6, 6.07) is 5.50. The average molecular weight is 327 g/mol. The highest BCUT2D eigenvalue weighted by Crippen LogP contribution is 2.22. The summed E-state index contributed by atoms with van der Waals surface area (Å²) in [5.41, 5.74) is 6.76. The maximum Gasteiger partial charge on any atom is 0.255 e. The van der Waals surface area contributed by atoms with Gasteiger partial charge in [0.15, 0.2) is 0 Å². The molecule has 4 nitrogen and oxygen atoms in total. The van der Waals surface area contributed by atoms with Gasteiger partial charge in [0.25, 0.3) is 5.91 Å². The first-order valence-corrected chi connectivity index (χ1v) is 7.09. The zero-order valence-corrected chi connectivity index (χ0v) is 12.9. The summed E-state index contributed by atoms with van der Waals surface area (Å²) in [5.74, 6) is -0.656. The second kappa shape index (κ2) is 7.28. The highest BCUT2D eigenvalue weighted by Gasteiger charge is 2.19. The van der Waals surface area contributed by atoms with Crippen LogP contribution in [0, 0.1) is 6.92 Å². The number of unbranched alkanes of at least 4 members (excludes halogenated alkanes) is 1. The van der Waals surface area contributed by atoms with E-state index in [9.17, 15) is 9.59 Å². The molecule has 19 heavy (non-hydrogen) atoms. The predicted molar refractivity (Wildman–Crippen MR) is 78.9 cm³/mol. The third-order valence-electron chi connectivity index (χ3n) is 2.84. The number of carbonyl (C=O) groups is 2. The van der Waals surface area contributed by atoms with E-state index >= 15 is 0 Å². The number of nitrogens with two attached hydrogens (primary N) is 1. The standard InChI is InChI=1S/C14H19BrN2O2/c1-3-4-8-17(9-12(16)18)14(19)11-7-5-6-10(2)13(11)15/h5-7H,3-4,8-9H2,1-2H3,(H2,16,18). The number of hydrogen-bond donors (Lipinski definition) is 1. The lowest BCUT2D eigenvalue weighted by molar-refractivity contribution is -0.118. The van der Waals surface area contributed by atoms with E-state index in [-0.39, 0.29) is 12.5 Å². The van der Waals surface area contributed by atoms with Crippen LogP contribution < -0.4 is 5.73 Å². The molecule has 0 aromatic heterocycles. The SMILES string of the molecule is CCCCN(CC(N)=O)C(=O)c1cccc(C)c1Br.